The molecule has 0 aliphatic carbocycles. The van der Waals surface area contributed by atoms with Gasteiger partial charge in [0.25, 0.3) is 5.56 Å². The van der Waals surface area contributed by atoms with Crippen LogP contribution in [0.2, 0.25) is 0 Å². The highest BCUT2D eigenvalue weighted by Gasteiger charge is 2.19. The molecule has 0 bridgehead atoms. The maximum absolute atomic E-state index is 13.4. The van der Waals surface area contributed by atoms with Crippen LogP contribution in [0.25, 0.3) is 10.9 Å². The number of hydrogen-bond donors (Lipinski definition) is 0. The Morgan fingerprint density at radius 1 is 0.844 bits per heavy atom. The van der Waals surface area contributed by atoms with Crippen LogP contribution in [0.5, 0.6) is 17.2 Å². The molecule has 3 rings (SSSR count). The number of rotatable bonds is 13. The SMILES string of the molecule is CCCCCCn1c(=O)c(OCCCC)c(OC)c2ccc(OCc3ccccc3)cc21. The van der Waals surface area contributed by atoms with Crippen molar-refractivity contribution in [1.82, 2.24) is 4.57 Å². The molecule has 0 saturated carbocycles. The van der Waals surface area contributed by atoms with Crippen molar-refractivity contribution in [1.29, 1.82) is 0 Å². The van der Waals surface area contributed by atoms with Gasteiger partial charge in [-0.2, -0.15) is 0 Å². The third-order valence-corrected chi connectivity index (χ3v) is 5.58. The molecule has 1 aromatic heterocycles. The van der Waals surface area contributed by atoms with E-state index in [0.717, 1.165) is 60.7 Å². The maximum Gasteiger partial charge on any atom is 0.297 e. The Bertz CT molecular complexity index is 1040. The minimum absolute atomic E-state index is 0.137. The van der Waals surface area contributed by atoms with Crippen LogP contribution in [0.15, 0.2) is 53.3 Å². The van der Waals surface area contributed by atoms with Gasteiger partial charge in [-0.15, -0.1) is 0 Å². The van der Waals surface area contributed by atoms with Crippen LogP contribution < -0.4 is 19.8 Å². The molecule has 0 saturated heterocycles. The fraction of sp³-hybridized carbons (Fsp3) is 0.444. The number of benzene rings is 2. The molecule has 3 aromatic rings. The van der Waals surface area contributed by atoms with Crippen LogP contribution in [0, 0.1) is 0 Å². The lowest BCUT2D eigenvalue weighted by Gasteiger charge is -2.18. The summed E-state index contributed by atoms with van der Waals surface area (Å²) in [5.41, 5.74) is 1.78. The first kappa shape index (κ1) is 23.7. The molecule has 0 N–H and O–H groups in total. The van der Waals surface area contributed by atoms with E-state index in [2.05, 4.69) is 13.8 Å². The first-order valence-corrected chi connectivity index (χ1v) is 11.7. The number of methoxy groups -OCH3 is 1. The second-order valence-corrected chi connectivity index (χ2v) is 8.04. The Kier molecular flexibility index (Phi) is 9.02. The van der Waals surface area contributed by atoms with Crippen molar-refractivity contribution in [3.8, 4) is 17.2 Å². The second-order valence-electron chi connectivity index (χ2n) is 8.04. The van der Waals surface area contributed by atoms with Gasteiger partial charge >= 0.3 is 0 Å². The average Bonchev–Trinajstić information content (AvgIpc) is 2.83. The van der Waals surface area contributed by atoms with Crippen LogP contribution in [0.3, 0.4) is 0 Å². The smallest absolute Gasteiger partial charge is 0.297 e. The molecule has 5 nitrogen and oxygen atoms in total. The molecule has 5 heteroatoms. The standard InChI is InChI=1S/C27H35NO4/c1-4-6-8-12-17-28-24-19-22(32-20-21-13-10-9-11-14-21)15-16-23(24)25(30-3)26(27(28)29)31-18-7-5-2/h9-11,13-16,19H,4-8,12,17-18,20H2,1-3H3. The second kappa shape index (κ2) is 12.2. The van der Waals surface area contributed by atoms with Crippen LogP contribution in [-0.2, 0) is 13.2 Å². The molecular formula is C27H35NO4. The fourth-order valence-corrected chi connectivity index (χ4v) is 3.78. The summed E-state index contributed by atoms with van der Waals surface area (Å²) >= 11 is 0. The quantitative estimate of drug-likeness (QED) is 0.292. The Balaban J connectivity index is 1.99. The Labute approximate surface area is 190 Å². The van der Waals surface area contributed by atoms with Gasteiger partial charge in [0.2, 0.25) is 5.75 Å². The van der Waals surface area contributed by atoms with Gasteiger partial charge in [-0.05, 0) is 30.5 Å². The summed E-state index contributed by atoms with van der Waals surface area (Å²) in [5, 5.41) is 0.862. The highest BCUT2D eigenvalue weighted by Crippen LogP contribution is 2.35. The molecule has 0 aliphatic heterocycles. The minimum Gasteiger partial charge on any atom is -0.492 e. The topological polar surface area (TPSA) is 49.7 Å². The monoisotopic (exact) mass is 437 g/mol. The maximum atomic E-state index is 13.4. The first-order valence-electron chi connectivity index (χ1n) is 11.7. The summed E-state index contributed by atoms with van der Waals surface area (Å²) in [4.78, 5) is 13.4. The number of unbranched alkanes of at least 4 members (excludes halogenated alkanes) is 4. The van der Waals surface area contributed by atoms with Crippen LogP contribution in [-0.4, -0.2) is 18.3 Å². The number of aromatic nitrogens is 1. The van der Waals surface area contributed by atoms with Gasteiger partial charge < -0.3 is 18.8 Å². The number of nitrogens with zero attached hydrogens (tertiary/aromatic N) is 1. The van der Waals surface area contributed by atoms with Crippen molar-refractivity contribution in [3.63, 3.8) is 0 Å². The van der Waals surface area contributed by atoms with Crippen molar-refractivity contribution in [3.05, 3.63) is 64.4 Å². The van der Waals surface area contributed by atoms with E-state index in [1.54, 1.807) is 7.11 Å². The number of aryl methyl sites for hydroxylation is 1. The van der Waals surface area contributed by atoms with Gasteiger partial charge in [0.1, 0.15) is 12.4 Å². The molecule has 1 heterocycles. The van der Waals surface area contributed by atoms with Crippen molar-refractivity contribution in [2.75, 3.05) is 13.7 Å². The summed E-state index contributed by atoms with van der Waals surface area (Å²) in [5.74, 6) is 1.53. The molecule has 2 aromatic carbocycles. The Hall–Kier alpha value is -2.95. The third-order valence-electron chi connectivity index (χ3n) is 5.58. The lowest BCUT2D eigenvalue weighted by Crippen LogP contribution is -2.24. The van der Waals surface area contributed by atoms with Crippen molar-refractivity contribution in [2.45, 2.75) is 65.5 Å². The van der Waals surface area contributed by atoms with Crippen molar-refractivity contribution >= 4 is 10.9 Å². The van der Waals surface area contributed by atoms with E-state index in [1.807, 2.05) is 53.1 Å². The predicted molar refractivity (Wildman–Crippen MR) is 130 cm³/mol. The van der Waals surface area contributed by atoms with Gasteiger partial charge in [0.05, 0.1) is 19.2 Å². The predicted octanol–water partition coefficient (Wildman–Crippen LogP) is 6.35. The van der Waals surface area contributed by atoms with E-state index in [1.165, 1.54) is 0 Å². The Morgan fingerprint density at radius 3 is 2.34 bits per heavy atom. The lowest BCUT2D eigenvalue weighted by atomic mass is 10.1. The molecule has 172 valence electrons. The summed E-state index contributed by atoms with van der Waals surface area (Å²) in [6, 6.07) is 15.9. The summed E-state index contributed by atoms with van der Waals surface area (Å²) in [6.07, 6.45) is 6.24. The van der Waals surface area contributed by atoms with E-state index in [-0.39, 0.29) is 5.56 Å². The van der Waals surface area contributed by atoms with E-state index < -0.39 is 0 Å². The molecular weight excluding hydrogens is 402 g/mol. The molecule has 32 heavy (non-hydrogen) atoms. The number of pyridine rings is 1. The molecule has 0 spiro atoms. The zero-order chi connectivity index (χ0) is 22.8. The molecule has 0 fully saturated rings. The number of hydrogen-bond acceptors (Lipinski definition) is 4. The van der Waals surface area contributed by atoms with Crippen LogP contribution >= 0.6 is 0 Å². The number of ether oxygens (including phenoxy) is 3. The van der Waals surface area contributed by atoms with Gasteiger partial charge in [-0.1, -0.05) is 69.9 Å². The van der Waals surface area contributed by atoms with Gasteiger partial charge in [-0.25, -0.2) is 0 Å². The van der Waals surface area contributed by atoms with Crippen molar-refractivity contribution in [2.24, 2.45) is 0 Å². The van der Waals surface area contributed by atoms with E-state index in [4.69, 9.17) is 14.2 Å². The van der Waals surface area contributed by atoms with Crippen LogP contribution in [0.4, 0.5) is 0 Å². The summed E-state index contributed by atoms with van der Waals surface area (Å²) in [6.45, 7) is 5.91. The Morgan fingerprint density at radius 2 is 1.62 bits per heavy atom. The van der Waals surface area contributed by atoms with Crippen LogP contribution in [0.1, 0.15) is 57.9 Å². The average molecular weight is 438 g/mol. The van der Waals surface area contributed by atoms with Gasteiger partial charge in [0.15, 0.2) is 5.75 Å². The third kappa shape index (κ3) is 5.84. The van der Waals surface area contributed by atoms with E-state index >= 15 is 0 Å². The summed E-state index contributed by atoms with van der Waals surface area (Å²) in [7, 11) is 1.59. The zero-order valence-corrected chi connectivity index (χ0v) is 19.6. The first-order chi connectivity index (χ1) is 15.7. The largest absolute Gasteiger partial charge is 0.492 e. The normalized spacial score (nSPS) is 11.0. The molecule has 0 atom stereocenters. The molecule has 0 amide bonds. The van der Waals surface area contributed by atoms with E-state index in [0.29, 0.717) is 31.3 Å². The minimum atomic E-state index is -0.137. The van der Waals surface area contributed by atoms with Crippen molar-refractivity contribution < 1.29 is 14.2 Å². The molecule has 0 unspecified atom stereocenters. The summed E-state index contributed by atoms with van der Waals surface area (Å²) < 4.78 is 19.4. The fourth-order valence-electron chi connectivity index (χ4n) is 3.78. The van der Waals surface area contributed by atoms with Gasteiger partial charge in [-0.3, -0.25) is 4.79 Å². The lowest BCUT2D eigenvalue weighted by molar-refractivity contribution is 0.283. The van der Waals surface area contributed by atoms with E-state index in [9.17, 15) is 4.79 Å². The molecule has 0 aliphatic rings. The highest BCUT2D eigenvalue weighted by atomic mass is 16.5. The molecule has 0 radical (unpaired) electrons. The zero-order valence-electron chi connectivity index (χ0n) is 19.6. The number of fused-ring (bicyclic) bond motifs is 1. The van der Waals surface area contributed by atoms with Gasteiger partial charge in [0, 0.05) is 18.0 Å². The highest BCUT2D eigenvalue weighted by molar-refractivity contribution is 5.89.